The van der Waals surface area contributed by atoms with Gasteiger partial charge in [-0.15, -0.1) is 0 Å². The van der Waals surface area contributed by atoms with Crippen molar-refractivity contribution in [1.29, 1.82) is 0 Å². The lowest BCUT2D eigenvalue weighted by atomic mass is 9.85. The summed E-state index contributed by atoms with van der Waals surface area (Å²) in [5.41, 5.74) is 0.658. The fourth-order valence-electron chi connectivity index (χ4n) is 4.00. The number of fused-ring (bicyclic) bond motifs is 1. The molecule has 0 aromatic carbocycles. The molecule has 0 unspecified atom stereocenters. The predicted octanol–water partition coefficient (Wildman–Crippen LogP) is 3.11. The highest BCUT2D eigenvalue weighted by molar-refractivity contribution is 5.69. The van der Waals surface area contributed by atoms with Crippen LogP contribution in [-0.2, 0) is 4.79 Å². The molecule has 0 saturated carbocycles. The minimum Gasteiger partial charge on any atom is -0.480 e. The number of alkyl halides is 4. The summed E-state index contributed by atoms with van der Waals surface area (Å²) in [5.74, 6) is -5.59. The number of hydrogen-bond acceptors (Lipinski definition) is 6. The zero-order valence-electron chi connectivity index (χ0n) is 17.6. The van der Waals surface area contributed by atoms with E-state index in [1.807, 2.05) is 0 Å². The van der Waals surface area contributed by atoms with Gasteiger partial charge in [0, 0.05) is 43.5 Å². The van der Waals surface area contributed by atoms with Crippen LogP contribution in [-0.4, -0.2) is 62.5 Å². The van der Waals surface area contributed by atoms with E-state index in [2.05, 4.69) is 20.3 Å². The van der Waals surface area contributed by atoms with Gasteiger partial charge in [-0.25, -0.2) is 32.5 Å². The Bertz CT molecular complexity index is 1150. The van der Waals surface area contributed by atoms with Crippen molar-refractivity contribution < 1.29 is 27.5 Å². The molecule has 0 radical (unpaired) electrons. The van der Waals surface area contributed by atoms with Crippen molar-refractivity contribution in [3.63, 3.8) is 0 Å². The second-order valence-corrected chi connectivity index (χ2v) is 8.08. The number of imidazole rings is 1. The maximum atomic E-state index is 14.7. The van der Waals surface area contributed by atoms with Crippen LogP contribution in [0.2, 0.25) is 0 Å². The second-order valence-electron chi connectivity index (χ2n) is 8.08. The average Bonchev–Trinajstić information content (AvgIpc) is 3.20. The highest BCUT2D eigenvalue weighted by Crippen LogP contribution is 2.39. The van der Waals surface area contributed by atoms with E-state index in [0.29, 0.717) is 17.2 Å². The summed E-state index contributed by atoms with van der Waals surface area (Å²) in [5, 5.41) is 11.3. The fraction of sp³-hybridized carbons (Fsp3) is 0.429. The third-order valence-corrected chi connectivity index (χ3v) is 5.78. The van der Waals surface area contributed by atoms with Gasteiger partial charge in [0.1, 0.15) is 17.2 Å². The van der Waals surface area contributed by atoms with Gasteiger partial charge in [-0.3, -0.25) is 9.20 Å². The molecule has 1 fully saturated rings. The Morgan fingerprint density at radius 3 is 2.79 bits per heavy atom. The lowest BCUT2D eigenvalue weighted by Crippen LogP contribution is -2.56. The molecule has 0 bridgehead atoms. The van der Waals surface area contributed by atoms with Crippen molar-refractivity contribution >= 4 is 17.4 Å². The molecular formula is C21H22F4N6O2. The van der Waals surface area contributed by atoms with Gasteiger partial charge >= 0.3 is 5.97 Å². The topological polar surface area (TPSA) is 95.7 Å². The molecule has 12 heteroatoms. The van der Waals surface area contributed by atoms with E-state index in [-0.39, 0.29) is 31.0 Å². The number of carboxylic acid groups (broad SMARTS) is 1. The number of anilines is 1. The Labute approximate surface area is 186 Å². The van der Waals surface area contributed by atoms with Crippen LogP contribution in [0.25, 0.3) is 17.2 Å². The van der Waals surface area contributed by atoms with E-state index in [1.165, 1.54) is 42.0 Å². The molecule has 3 aromatic rings. The molecule has 0 aliphatic carbocycles. The summed E-state index contributed by atoms with van der Waals surface area (Å²) < 4.78 is 57.2. The van der Waals surface area contributed by atoms with E-state index < -0.39 is 36.7 Å². The number of nitrogens with one attached hydrogen (secondary N) is 1. The van der Waals surface area contributed by atoms with Gasteiger partial charge in [0.2, 0.25) is 0 Å². The Kier molecular flexibility index (Phi) is 6.19. The van der Waals surface area contributed by atoms with Gasteiger partial charge in [0.15, 0.2) is 5.82 Å². The third kappa shape index (κ3) is 4.61. The van der Waals surface area contributed by atoms with Crippen LogP contribution in [0.1, 0.15) is 18.9 Å². The lowest BCUT2D eigenvalue weighted by Gasteiger charge is -2.43. The van der Waals surface area contributed by atoms with Gasteiger partial charge in [0.25, 0.3) is 12.3 Å². The summed E-state index contributed by atoms with van der Waals surface area (Å²) in [6.07, 6.45) is 1.56. The first-order valence-corrected chi connectivity index (χ1v) is 10.3. The molecule has 2 N–H and O–H groups in total. The molecule has 2 atom stereocenters. The van der Waals surface area contributed by atoms with E-state index in [9.17, 15) is 22.4 Å². The molecule has 4 rings (SSSR count). The lowest BCUT2D eigenvalue weighted by molar-refractivity contribution is -0.136. The van der Waals surface area contributed by atoms with Crippen LogP contribution in [0.15, 0.2) is 36.8 Å². The highest BCUT2D eigenvalue weighted by atomic mass is 19.3. The zero-order chi connectivity index (χ0) is 23.8. The first-order chi connectivity index (χ1) is 15.7. The van der Waals surface area contributed by atoms with Crippen molar-refractivity contribution in [2.75, 3.05) is 31.1 Å². The maximum absolute atomic E-state index is 14.7. The van der Waals surface area contributed by atoms with Gasteiger partial charge < -0.3 is 15.3 Å². The summed E-state index contributed by atoms with van der Waals surface area (Å²) >= 11 is 0. The molecule has 4 heterocycles. The monoisotopic (exact) mass is 466 g/mol. The number of piperidine rings is 1. The van der Waals surface area contributed by atoms with Gasteiger partial charge in [0.05, 0.1) is 18.7 Å². The molecule has 3 aromatic heterocycles. The first-order valence-electron chi connectivity index (χ1n) is 10.3. The van der Waals surface area contributed by atoms with E-state index in [4.69, 9.17) is 5.11 Å². The number of halogens is 4. The van der Waals surface area contributed by atoms with E-state index >= 15 is 0 Å². The van der Waals surface area contributed by atoms with E-state index in [0.717, 1.165) is 0 Å². The van der Waals surface area contributed by atoms with Crippen molar-refractivity contribution in [2.24, 2.45) is 11.8 Å². The molecule has 0 spiro atoms. The van der Waals surface area contributed by atoms with Crippen molar-refractivity contribution in [1.82, 2.24) is 24.7 Å². The van der Waals surface area contributed by atoms with Crippen molar-refractivity contribution in [3.05, 3.63) is 42.4 Å². The minimum absolute atomic E-state index is 0.0386. The number of carboxylic acids is 1. The summed E-state index contributed by atoms with van der Waals surface area (Å²) in [6.45, 7) is 0.870. The third-order valence-electron chi connectivity index (χ3n) is 5.78. The van der Waals surface area contributed by atoms with E-state index in [1.54, 1.807) is 11.0 Å². The Hall–Kier alpha value is -3.28. The highest BCUT2D eigenvalue weighted by Gasteiger charge is 2.49. The molecule has 8 nitrogen and oxygen atoms in total. The number of pyridine rings is 1. The SMILES string of the molecule is C[C@H]1CN(c2ccnc(-c3cnc4ccc(C(F)F)cn34)n2)C[C@@H](CNCC(=O)O)C1(F)F. The minimum atomic E-state index is -2.98. The van der Waals surface area contributed by atoms with Crippen LogP contribution < -0.4 is 10.2 Å². The number of aliphatic carboxylic acids is 1. The molecule has 1 aliphatic rings. The number of hydrogen-bond donors (Lipinski definition) is 2. The van der Waals surface area contributed by atoms with Gasteiger partial charge in [-0.1, -0.05) is 6.92 Å². The number of rotatable bonds is 7. The zero-order valence-corrected chi connectivity index (χ0v) is 17.6. The Balaban J connectivity index is 1.62. The van der Waals surface area contributed by atoms with Crippen LogP contribution in [0, 0.1) is 11.8 Å². The second kappa shape index (κ2) is 8.93. The average molecular weight is 466 g/mol. The largest absolute Gasteiger partial charge is 0.480 e. The van der Waals surface area contributed by atoms with Crippen LogP contribution in [0.5, 0.6) is 0 Å². The number of aromatic nitrogens is 4. The summed E-state index contributed by atoms with van der Waals surface area (Å²) in [7, 11) is 0. The van der Waals surface area contributed by atoms with Crippen molar-refractivity contribution in [3.8, 4) is 11.5 Å². The number of carbonyl (C=O) groups is 1. The maximum Gasteiger partial charge on any atom is 0.317 e. The quantitative estimate of drug-likeness (QED) is 0.517. The van der Waals surface area contributed by atoms with Gasteiger partial charge in [-0.05, 0) is 18.2 Å². The predicted molar refractivity (Wildman–Crippen MR) is 111 cm³/mol. The van der Waals surface area contributed by atoms with Crippen LogP contribution in [0.3, 0.4) is 0 Å². The smallest absolute Gasteiger partial charge is 0.317 e. The molecule has 33 heavy (non-hydrogen) atoms. The number of nitrogens with zero attached hydrogens (tertiary/aromatic N) is 5. The molecule has 0 amide bonds. The molecule has 176 valence electrons. The van der Waals surface area contributed by atoms with Gasteiger partial charge in [-0.2, -0.15) is 0 Å². The van der Waals surface area contributed by atoms with Crippen molar-refractivity contribution in [2.45, 2.75) is 19.3 Å². The fourth-order valence-corrected chi connectivity index (χ4v) is 4.00. The Morgan fingerprint density at radius 1 is 1.27 bits per heavy atom. The standard InChI is InChI=1S/C21H22F4N6O2/c1-12-9-30(11-14(21(12,24)25)6-26-8-18(32)33)17-4-5-27-20(29-17)15-7-28-16-3-2-13(19(22)23)10-31(15)16/h2-5,7,10,12,14,19,26H,6,8-9,11H2,1H3,(H,32,33)/t12-,14+/m0/s1. The normalized spacial score (nSPS) is 20.5. The summed E-state index contributed by atoms with van der Waals surface area (Å²) in [6, 6.07) is 4.36. The first kappa shape index (κ1) is 22.9. The molecule has 1 saturated heterocycles. The molecule has 1 aliphatic heterocycles. The summed E-state index contributed by atoms with van der Waals surface area (Å²) in [4.78, 5) is 25.3. The van der Waals surface area contributed by atoms with Crippen LogP contribution in [0.4, 0.5) is 23.4 Å². The van der Waals surface area contributed by atoms with Crippen LogP contribution >= 0.6 is 0 Å². The Morgan fingerprint density at radius 2 is 2.06 bits per heavy atom. The molecular weight excluding hydrogens is 444 g/mol.